The summed E-state index contributed by atoms with van der Waals surface area (Å²) in [4.78, 5) is 24.6. The maximum Gasteiger partial charge on any atom is 0.158 e. The Morgan fingerprint density at radius 2 is 0.793 bits per heavy atom. The van der Waals surface area contributed by atoms with E-state index in [2.05, 4.69) is 36.5 Å². The van der Waals surface area contributed by atoms with Gasteiger partial charge in [-0.2, -0.15) is 0 Å². The quantitative estimate of drug-likeness (QED) is 0.114. The van der Waals surface area contributed by atoms with Crippen molar-refractivity contribution in [3.05, 3.63) is 84.0 Å². The molecular weight excluding hydrogens is 821 g/mol. The van der Waals surface area contributed by atoms with Crippen molar-refractivity contribution < 1.29 is 59.9 Å². The van der Waals surface area contributed by atoms with E-state index in [4.69, 9.17) is 24.4 Å². The van der Waals surface area contributed by atoms with Crippen LogP contribution in [0.25, 0.3) is 0 Å². The third-order valence-corrected chi connectivity index (χ3v) is 13.0. The van der Waals surface area contributed by atoms with Crippen LogP contribution in [0.3, 0.4) is 0 Å². The van der Waals surface area contributed by atoms with Gasteiger partial charge >= 0.3 is 0 Å². The molecule has 3 aromatic heterocycles. The number of aromatic nitrogens is 6. The van der Waals surface area contributed by atoms with Crippen molar-refractivity contribution >= 4 is 29.5 Å². The van der Waals surface area contributed by atoms with Crippen LogP contribution in [-0.2, 0) is 43.7 Å². The van der Waals surface area contributed by atoms with Crippen LogP contribution in [0.2, 0.25) is 0 Å². The molecule has 0 aromatic carbocycles. The molecule has 0 unspecified atom stereocenters. The molecule has 0 fully saturated rings. The summed E-state index contributed by atoms with van der Waals surface area (Å²) >= 11 is 0. The third-order valence-electron chi connectivity index (χ3n) is 8.22. The highest BCUT2D eigenvalue weighted by atomic mass is 32.2. The molecule has 0 aliphatic rings. The molecular formula is C36H58N6O13S3. The van der Waals surface area contributed by atoms with Gasteiger partial charge in [-0.25, -0.2) is 55.2 Å². The predicted octanol–water partition coefficient (Wildman–Crippen LogP) is 0.720. The number of ether oxygens (including phenoxy) is 3. The van der Waals surface area contributed by atoms with Gasteiger partial charge in [-0.15, -0.1) is 6.58 Å². The summed E-state index contributed by atoms with van der Waals surface area (Å²) < 4.78 is 86.2. The minimum absolute atomic E-state index is 0.196. The van der Waals surface area contributed by atoms with E-state index in [0.29, 0.717) is 5.82 Å². The minimum atomic E-state index is -3.36. The van der Waals surface area contributed by atoms with Gasteiger partial charge < -0.3 is 34.6 Å². The van der Waals surface area contributed by atoms with Crippen LogP contribution in [0.5, 0.6) is 0 Å². The number of aliphatic hydroxyl groups is 4. The Hall–Kier alpha value is -3.45. The van der Waals surface area contributed by atoms with Crippen LogP contribution in [0.1, 0.15) is 73.2 Å². The highest BCUT2D eigenvalue weighted by molar-refractivity contribution is 7.91. The van der Waals surface area contributed by atoms with Crippen LogP contribution in [-0.4, -0.2) is 155 Å². The summed E-state index contributed by atoms with van der Waals surface area (Å²) in [5.41, 5.74) is 2.60. The van der Waals surface area contributed by atoms with E-state index < -0.39 is 89.0 Å². The minimum Gasteiger partial charge on any atom is -0.394 e. The van der Waals surface area contributed by atoms with E-state index >= 15 is 0 Å². The van der Waals surface area contributed by atoms with Gasteiger partial charge in [0.05, 0.1) is 48.8 Å². The van der Waals surface area contributed by atoms with E-state index in [0.717, 1.165) is 29.2 Å². The smallest absolute Gasteiger partial charge is 0.158 e. The van der Waals surface area contributed by atoms with Crippen molar-refractivity contribution in [1.82, 2.24) is 29.9 Å². The lowest BCUT2D eigenvalue weighted by molar-refractivity contribution is -0.0324. The molecule has 4 N–H and O–H groups in total. The molecule has 19 nitrogen and oxygen atoms in total. The fourth-order valence-corrected chi connectivity index (χ4v) is 6.24. The zero-order valence-electron chi connectivity index (χ0n) is 34.3. The Morgan fingerprint density at radius 1 is 0.552 bits per heavy atom. The Bertz CT molecular complexity index is 1890. The molecule has 8 atom stereocenters. The molecule has 0 amide bonds. The van der Waals surface area contributed by atoms with Gasteiger partial charge in [0, 0.05) is 55.9 Å². The normalized spacial score (nSPS) is 16.2. The van der Waals surface area contributed by atoms with Crippen molar-refractivity contribution in [3.8, 4) is 0 Å². The first-order chi connectivity index (χ1) is 26.9. The van der Waals surface area contributed by atoms with Crippen LogP contribution in [0, 0.1) is 20.8 Å². The largest absolute Gasteiger partial charge is 0.394 e. The number of hydrogen-bond acceptors (Lipinski definition) is 19. The first-order valence-electron chi connectivity index (χ1n) is 17.8. The average molecular weight is 879 g/mol. The SMILES string of the molecule is C=CCO[C@H](c1ncc(C)cn1)[C@H](C)S(C)(=O)=O.Cc1cnc([C@@H](OC[C@@H](O)CO)[C@H](C)S(C)(=O)=O)nc1.Cc1cnc([C@@H](OC[C@H](O)CO)[C@H](C)S(C)(=O)=O)nc1. The number of aliphatic hydroxyl groups excluding tert-OH is 4. The molecule has 0 saturated carbocycles. The zero-order valence-corrected chi connectivity index (χ0v) is 36.7. The monoisotopic (exact) mass is 878 g/mol. The molecule has 0 saturated heterocycles. The van der Waals surface area contributed by atoms with E-state index in [1.54, 1.807) is 50.2 Å². The van der Waals surface area contributed by atoms with Crippen LogP contribution < -0.4 is 0 Å². The Labute approximate surface area is 341 Å². The fraction of sp³-hybridized carbons (Fsp3) is 0.611. The lowest BCUT2D eigenvalue weighted by Crippen LogP contribution is -2.31. The standard InChI is InChI=1S/2C12H20N2O5S.C12H18N2O3S/c2*1-8-4-13-12(14-5-8)11(9(2)20(3,17)18)19-7-10(16)6-15;1-5-6-17-11(10(3)18(4,15)16)12-13-7-9(2)8-14-12/h2*4-5,9-11,15-16H,6-7H2,1-3H3;5,7-8,10-11H,1,6H2,2-4H3/t9-,10+,11-;9-,10-,11-;10-,11-/m000/s1. The summed E-state index contributed by atoms with van der Waals surface area (Å²) in [6, 6.07) is 0. The molecule has 0 aliphatic carbocycles. The third kappa shape index (κ3) is 18.6. The molecule has 0 aliphatic heterocycles. The Kier molecular flexibility index (Phi) is 22.3. The second-order valence-electron chi connectivity index (χ2n) is 13.7. The number of nitrogens with zero attached hydrogens (tertiary/aromatic N) is 6. The van der Waals surface area contributed by atoms with Gasteiger partial charge in [0.25, 0.3) is 0 Å². The second kappa shape index (κ2) is 24.6. The Morgan fingerprint density at radius 3 is 1.00 bits per heavy atom. The summed E-state index contributed by atoms with van der Waals surface area (Å²) in [5.74, 6) is 0.845. The molecule has 328 valence electrons. The molecule has 0 radical (unpaired) electrons. The first-order valence-corrected chi connectivity index (χ1v) is 23.7. The maximum atomic E-state index is 11.7. The van der Waals surface area contributed by atoms with Crippen molar-refractivity contribution in [2.24, 2.45) is 0 Å². The van der Waals surface area contributed by atoms with Gasteiger partial charge in [-0.05, 0) is 58.2 Å². The predicted molar refractivity (Wildman–Crippen MR) is 216 cm³/mol. The van der Waals surface area contributed by atoms with Gasteiger partial charge in [0.1, 0.15) is 30.5 Å². The van der Waals surface area contributed by atoms with E-state index in [1.165, 1.54) is 20.1 Å². The Balaban J connectivity index is 0.000000436. The first kappa shape index (κ1) is 52.6. The molecule has 0 bridgehead atoms. The lowest BCUT2D eigenvalue weighted by Gasteiger charge is -2.23. The number of aryl methyl sites for hydroxylation is 3. The number of hydrogen-bond donors (Lipinski definition) is 4. The van der Waals surface area contributed by atoms with Crippen LogP contribution in [0.15, 0.2) is 49.8 Å². The molecule has 58 heavy (non-hydrogen) atoms. The molecule has 3 rings (SSSR count). The number of sulfone groups is 3. The van der Waals surface area contributed by atoms with Gasteiger partial charge in [-0.1, -0.05) is 6.08 Å². The summed E-state index contributed by atoms with van der Waals surface area (Å²) in [7, 11) is -9.96. The fourth-order valence-electron chi connectivity index (χ4n) is 4.29. The summed E-state index contributed by atoms with van der Waals surface area (Å²) in [6.07, 6.45) is 9.87. The van der Waals surface area contributed by atoms with E-state index in [-0.39, 0.29) is 31.5 Å². The summed E-state index contributed by atoms with van der Waals surface area (Å²) in [5, 5.41) is 33.7. The van der Waals surface area contributed by atoms with E-state index in [9.17, 15) is 35.5 Å². The van der Waals surface area contributed by atoms with Gasteiger partial charge in [0.15, 0.2) is 47.0 Å². The van der Waals surface area contributed by atoms with Crippen LogP contribution in [0.4, 0.5) is 0 Å². The summed E-state index contributed by atoms with van der Waals surface area (Å²) in [6.45, 7) is 12.6. The number of rotatable bonds is 20. The van der Waals surface area contributed by atoms with Crippen molar-refractivity contribution in [3.63, 3.8) is 0 Å². The molecule has 22 heteroatoms. The molecule has 0 spiro atoms. The van der Waals surface area contributed by atoms with E-state index in [1.807, 2.05) is 20.8 Å². The van der Waals surface area contributed by atoms with Crippen LogP contribution >= 0.6 is 0 Å². The zero-order chi connectivity index (χ0) is 44.4. The topological polar surface area (TPSA) is 288 Å². The van der Waals surface area contributed by atoms with Crippen molar-refractivity contribution in [2.75, 3.05) is 51.8 Å². The average Bonchev–Trinajstić information content (AvgIpc) is 3.16. The second-order valence-corrected chi connectivity index (χ2v) is 20.9. The highest BCUT2D eigenvalue weighted by Crippen LogP contribution is 2.25. The highest BCUT2D eigenvalue weighted by Gasteiger charge is 2.33. The van der Waals surface area contributed by atoms with Crippen molar-refractivity contribution in [1.29, 1.82) is 0 Å². The van der Waals surface area contributed by atoms with Crippen molar-refractivity contribution in [2.45, 2.75) is 87.8 Å². The van der Waals surface area contributed by atoms with Gasteiger partial charge in [0.2, 0.25) is 0 Å². The van der Waals surface area contributed by atoms with Gasteiger partial charge in [-0.3, -0.25) is 0 Å². The lowest BCUT2D eigenvalue weighted by atomic mass is 10.2. The maximum absolute atomic E-state index is 11.7. The molecule has 3 heterocycles. The molecule has 3 aromatic rings.